The van der Waals surface area contributed by atoms with Gasteiger partial charge in [-0.25, -0.2) is 0 Å². The highest BCUT2D eigenvalue weighted by Crippen LogP contribution is 2.34. The van der Waals surface area contributed by atoms with Crippen molar-refractivity contribution in [1.29, 1.82) is 0 Å². The third-order valence-corrected chi connectivity index (χ3v) is 3.70. The first-order valence-electron chi connectivity index (χ1n) is 4.39. The molecule has 0 amide bonds. The van der Waals surface area contributed by atoms with E-state index in [4.69, 9.17) is 23.2 Å². The smallest absolute Gasteiger partial charge is 0.0254 e. The lowest BCUT2D eigenvalue weighted by molar-refractivity contribution is 0.225. The van der Waals surface area contributed by atoms with Gasteiger partial charge in [-0.2, -0.15) is 0 Å². The van der Waals surface area contributed by atoms with Gasteiger partial charge in [-0.15, -0.1) is 23.2 Å². The van der Waals surface area contributed by atoms with Crippen molar-refractivity contribution in [3.63, 3.8) is 0 Å². The van der Waals surface area contributed by atoms with Crippen molar-refractivity contribution in [1.82, 2.24) is 0 Å². The molecule has 0 bridgehead atoms. The maximum atomic E-state index is 5.83. The number of hydrogen-bond acceptors (Lipinski definition) is 0. The van der Waals surface area contributed by atoms with E-state index in [9.17, 15) is 0 Å². The molecule has 0 saturated heterocycles. The monoisotopic (exact) mass is 194 g/mol. The van der Waals surface area contributed by atoms with E-state index in [1.165, 1.54) is 19.3 Å². The van der Waals surface area contributed by atoms with Gasteiger partial charge in [0.2, 0.25) is 0 Å². The van der Waals surface area contributed by atoms with Crippen LogP contribution in [0.5, 0.6) is 0 Å². The minimum Gasteiger partial charge on any atom is -0.126 e. The quantitative estimate of drug-likeness (QED) is 0.591. The van der Waals surface area contributed by atoms with E-state index in [0.717, 1.165) is 29.5 Å². The van der Waals surface area contributed by atoms with Crippen LogP contribution in [-0.4, -0.2) is 11.8 Å². The fourth-order valence-corrected chi connectivity index (χ4v) is 2.68. The largest absolute Gasteiger partial charge is 0.126 e. The molecule has 0 aliphatic heterocycles. The average molecular weight is 195 g/mol. The molecule has 66 valence electrons. The second kappa shape index (κ2) is 4.57. The summed E-state index contributed by atoms with van der Waals surface area (Å²) in [5.41, 5.74) is 0. The van der Waals surface area contributed by atoms with Crippen LogP contribution in [0.2, 0.25) is 0 Å². The van der Waals surface area contributed by atoms with E-state index in [1.54, 1.807) is 0 Å². The van der Waals surface area contributed by atoms with Crippen molar-refractivity contribution in [3.8, 4) is 0 Å². The second-order valence-corrected chi connectivity index (χ2v) is 4.34. The summed E-state index contributed by atoms with van der Waals surface area (Å²) in [6.07, 6.45) is 3.84. The van der Waals surface area contributed by atoms with E-state index in [2.05, 4.69) is 6.92 Å². The van der Waals surface area contributed by atoms with Crippen molar-refractivity contribution in [2.24, 2.45) is 17.8 Å². The molecule has 0 aromatic heterocycles. The van der Waals surface area contributed by atoms with Crippen molar-refractivity contribution >= 4 is 23.2 Å². The molecule has 0 N–H and O–H groups in total. The van der Waals surface area contributed by atoms with Gasteiger partial charge in [0.05, 0.1) is 0 Å². The Bertz CT molecular complexity index is 114. The van der Waals surface area contributed by atoms with Crippen LogP contribution in [0.3, 0.4) is 0 Å². The first kappa shape index (κ1) is 9.67. The van der Waals surface area contributed by atoms with Gasteiger partial charge in [-0.1, -0.05) is 6.92 Å². The Morgan fingerprint density at radius 2 is 1.91 bits per heavy atom. The molecule has 1 saturated carbocycles. The molecule has 1 aliphatic rings. The van der Waals surface area contributed by atoms with Crippen molar-refractivity contribution in [2.45, 2.75) is 26.2 Å². The molecule has 1 rings (SSSR count). The molecule has 0 radical (unpaired) electrons. The van der Waals surface area contributed by atoms with Crippen LogP contribution in [0.4, 0.5) is 0 Å². The predicted molar refractivity (Wildman–Crippen MR) is 51.4 cm³/mol. The molecule has 0 heterocycles. The molecule has 3 unspecified atom stereocenters. The zero-order valence-corrected chi connectivity index (χ0v) is 8.54. The predicted octanol–water partition coefficient (Wildman–Crippen LogP) is 3.52. The van der Waals surface area contributed by atoms with Crippen LogP contribution >= 0.6 is 23.2 Å². The maximum absolute atomic E-state index is 5.83. The average Bonchev–Trinajstić information content (AvgIpc) is 2.04. The summed E-state index contributed by atoms with van der Waals surface area (Å²) in [5.74, 6) is 3.95. The normalized spacial score (nSPS) is 39.0. The molecular weight excluding hydrogens is 179 g/mol. The first-order chi connectivity index (χ1) is 5.27. The summed E-state index contributed by atoms with van der Waals surface area (Å²) in [6, 6.07) is 0. The molecular formula is C9H16Cl2. The fraction of sp³-hybridized carbons (Fsp3) is 1.00. The summed E-state index contributed by atoms with van der Waals surface area (Å²) in [5, 5.41) is 0. The van der Waals surface area contributed by atoms with Gasteiger partial charge in [0, 0.05) is 11.8 Å². The van der Waals surface area contributed by atoms with Gasteiger partial charge in [-0.05, 0) is 37.0 Å². The summed E-state index contributed by atoms with van der Waals surface area (Å²) in [6.45, 7) is 2.30. The summed E-state index contributed by atoms with van der Waals surface area (Å²) < 4.78 is 0. The minimum absolute atomic E-state index is 0.746. The van der Waals surface area contributed by atoms with Gasteiger partial charge in [0.1, 0.15) is 0 Å². The second-order valence-electron chi connectivity index (χ2n) is 3.73. The Labute approximate surface area is 79.3 Å². The molecule has 0 aromatic rings. The topological polar surface area (TPSA) is 0 Å². The van der Waals surface area contributed by atoms with Crippen molar-refractivity contribution in [3.05, 3.63) is 0 Å². The van der Waals surface area contributed by atoms with Crippen LogP contribution in [0, 0.1) is 17.8 Å². The molecule has 0 nitrogen and oxygen atoms in total. The number of rotatable bonds is 2. The molecule has 11 heavy (non-hydrogen) atoms. The lowest BCUT2D eigenvalue weighted by Gasteiger charge is -2.31. The molecule has 1 aliphatic carbocycles. The Morgan fingerprint density at radius 3 is 2.36 bits per heavy atom. The third kappa shape index (κ3) is 2.52. The molecule has 3 atom stereocenters. The molecule has 0 aromatic carbocycles. The fourth-order valence-electron chi connectivity index (χ4n) is 1.94. The lowest BCUT2D eigenvalue weighted by Crippen LogP contribution is -2.24. The van der Waals surface area contributed by atoms with E-state index >= 15 is 0 Å². The molecule has 1 fully saturated rings. The van der Waals surface area contributed by atoms with Crippen LogP contribution in [0.25, 0.3) is 0 Å². The molecule has 0 spiro atoms. The Kier molecular flexibility index (Phi) is 4.01. The standard InChI is InChI=1S/C9H16Cl2/c1-7-4-8(5-10)2-3-9(7)6-11/h7-9H,2-6H2,1H3. The van der Waals surface area contributed by atoms with Crippen LogP contribution in [0.15, 0.2) is 0 Å². The number of hydrogen-bond donors (Lipinski definition) is 0. The van der Waals surface area contributed by atoms with Gasteiger partial charge >= 0.3 is 0 Å². The summed E-state index contributed by atoms with van der Waals surface area (Å²) in [7, 11) is 0. The highest BCUT2D eigenvalue weighted by atomic mass is 35.5. The van der Waals surface area contributed by atoms with E-state index < -0.39 is 0 Å². The Balaban J connectivity index is 2.34. The van der Waals surface area contributed by atoms with Crippen LogP contribution < -0.4 is 0 Å². The number of halogens is 2. The third-order valence-electron chi connectivity index (χ3n) is 2.87. The molecule has 2 heteroatoms. The Hall–Kier alpha value is 0.580. The van der Waals surface area contributed by atoms with Crippen molar-refractivity contribution < 1.29 is 0 Å². The van der Waals surface area contributed by atoms with Gasteiger partial charge in [-0.3, -0.25) is 0 Å². The maximum Gasteiger partial charge on any atom is 0.0254 e. The van der Waals surface area contributed by atoms with Gasteiger partial charge < -0.3 is 0 Å². The minimum atomic E-state index is 0.746. The van der Waals surface area contributed by atoms with E-state index in [1.807, 2.05) is 0 Å². The SMILES string of the molecule is CC1CC(CCl)CCC1CCl. The van der Waals surface area contributed by atoms with Gasteiger partial charge in [0.15, 0.2) is 0 Å². The van der Waals surface area contributed by atoms with Crippen molar-refractivity contribution in [2.75, 3.05) is 11.8 Å². The van der Waals surface area contributed by atoms with Gasteiger partial charge in [0.25, 0.3) is 0 Å². The van der Waals surface area contributed by atoms with Crippen LogP contribution in [0.1, 0.15) is 26.2 Å². The van der Waals surface area contributed by atoms with E-state index in [0.29, 0.717) is 0 Å². The summed E-state index contributed by atoms with van der Waals surface area (Å²) in [4.78, 5) is 0. The highest BCUT2D eigenvalue weighted by molar-refractivity contribution is 6.18. The summed E-state index contributed by atoms with van der Waals surface area (Å²) >= 11 is 11.6. The highest BCUT2D eigenvalue weighted by Gasteiger charge is 2.25. The zero-order chi connectivity index (χ0) is 8.27. The zero-order valence-electron chi connectivity index (χ0n) is 7.02. The first-order valence-corrected chi connectivity index (χ1v) is 5.46. The Morgan fingerprint density at radius 1 is 1.18 bits per heavy atom. The number of alkyl halides is 2. The van der Waals surface area contributed by atoms with Crippen LogP contribution in [-0.2, 0) is 0 Å². The van der Waals surface area contributed by atoms with E-state index in [-0.39, 0.29) is 0 Å². The lowest BCUT2D eigenvalue weighted by atomic mass is 9.76.